The molecular weight excluding hydrogens is 288 g/mol. The van der Waals surface area contributed by atoms with E-state index in [1.807, 2.05) is 35.9 Å². The van der Waals surface area contributed by atoms with Crippen LogP contribution in [0.25, 0.3) is 11.0 Å². The third kappa shape index (κ3) is 3.91. The van der Waals surface area contributed by atoms with Crippen LogP contribution in [0.15, 0.2) is 24.3 Å². The molecule has 1 aromatic carbocycles. The summed E-state index contributed by atoms with van der Waals surface area (Å²) in [4.78, 5) is 19.2. The van der Waals surface area contributed by atoms with Crippen molar-refractivity contribution >= 4 is 16.9 Å². The van der Waals surface area contributed by atoms with E-state index in [1.54, 1.807) is 0 Å². The van der Waals surface area contributed by atoms with Crippen LogP contribution >= 0.6 is 0 Å². The quantitative estimate of drug-likeness (QED) is 0.799. The second kappa shape index (κ2) is 7.59. The van der Waals surface area contributed by atoms with Crippen molar-refractivity contribution in [1.29, 1.82) is 0 Å². The number of imidazole rings is 1. The summed E-state index contributed by atoms with van der Waals surface area (Å²) in [5.41, 5.74) is 1.86. The number of likely N-dealkylation sites (tertiary alicyclic amines) is 1. The van der Waals surface area contributed by atoms with Gasteiger partial charge in [0, 0.05) is 13.6 Å². The van der Waals surface area contributed by atoms with Gasteiger partial charge in [-0.1, -0.05) is 18.6 Å². The maximum Gasteiger partial charge on any atom is 0.287 e. The topological polar surface area (TPSA) is 50.2 Å². The average Bonchev–Trinajstić information content (AvgIpc) is 3.19. The molecular formula is C18H26N4O. The molecule has 1 saturated heterocycles. The number of hydrogen-bond donors (Lipinski definition) is 1. The van der Waals surface area contributed by atoms with Crippen LogP contribution in [-0.4, -0.2) is 46.5 Å². The van der Waals surface area contributed by atoms with Crippen molar-refractivity contribution in [3.8, 4) is 0 Å². The predicted octanol–water partition coefficient (Wildman–Crippen LogP) is 2.57. The Balaban J connectivity index is 1.41. The van der Waals surface area contributed by atoms with Gasteiger partial charge in [-0.05, 0) is 57.5 Å². The summed E-state index contributed by atoms with van der Waals surface area (Å²) in [7, 11) is 1.89. The maximum absolute atomic E-state index is 12.3. The molecule has 3 rings (SSSR count). The van der Waals surface area contributed by atoms with Gasteiger partial charge in [0.1, 0.15) is 0 Å². The number of para-hydroxylation sites is 2. The molecule has 0 unspecified atom stereocenters. The third-order valence-electron chi connectivity index (χ3n) is 4.63. The van der Waals surface area contributed by atoms with Crippen LogP contribution in [0.1, 0.15) is 42.7 Å². The zero-order chi connectivity index (χ0) is 16.1. The predicted molar refractivity (Wildman–Crippen MR) is 92.6 cm³/mol. The lowest BCUT2D eigenvalue weighted by Gasteiger charge is -2.13. The first-order valence-corrected chi connectivity index (χ1v) is 8.68. The van der Waals surface area contributed by atoms with Gasteiger partial charge in [0.15, 0.2) is 5.82 Å². The molecule has 0 atom stereocenters. The van der Waals surface area contributed by atoms with Gasteiger partial charge >= 0.3 is 0 Å². The summed E-state index contributed by atoms with van der Waals surface area (Å²) in [5.74, 6) is 0.409. The van der Waals surface area contributed by atoms with Gasteiger partial charge in [0.05, 0.1) is 11.0 Å². The Kier molecular flexibility index (Phi) is 5.28. The number of benzene rings is 1. The van der Waals surface area contributed by atoms with Gasteiger partial charge in [-0.2, -0.15) is 0 Å². The van der Waals surface area contributed by atoms with Gasteiger partial charge in [-0.15, -0.1) is 0 Å². The van der Waals surface area contributed by atoms with Crippen molar-refractivity contribution in [3.05, 3.63) is 30.1 Å². The molecule has 1 amide bonds. The van der Waals surface area contributed by atoms with Gasteiger partial charge in [-0.3, -0.25) is 4.79 Å². The number of fused-ring (bicyclic) bond motifs is 1. The number of hydrogen-bond acceptors (Lipinski definition) is 3. The third-order valence-corrected chi connectivity index (χ3v) is 4.63. The van der Waals surface area contributed by atoms with E-state index in [9.17, 15) is 4.79 Å². The number of carbonyl (C=O) groups excluding carboxylic acids is 1. The average molecular weight is 314 g/mol. The number of amides is 1. The van der Waals surface area contributed by atoms with Crippen LogP contribution < -0.4 is 5.32 Å². The van der Waals surface area contributed by atoms with Gasteiger partial charge in [-0.25, -0.2) is 4.98 Å². The summed E-state index contributed by atoms with van der Waals surface area (Å²) in [6, 6.07) is 7.82. The molecule has 2 heterocycles. The Morgan fingerprint density at radius 2 is 1.96 bits per heavy atom. The summed E-state index contributed by atoms with van der Waals surface area (Å²) in [6.45, 7) is 4.47. The maximum atomic E-state index is 12.3. The van der Waals surface area contributed by atoms with Gasteiger partial charge in [0.2, 0.25) is 0 Å². The van der Waals surface area contributed by atoms with Gasteiger partial charge in [0.25, 0.3) is 5.91 Å². The van der Waals surface area contributed by atoms with Crippen LogP contribution in [-0.2, 0) is 7.05 Å². The van der Waals surface area contributed by atoms with Crippen molar-refractivity contribution in [2.45, 2.75) is 32.1 Å². The van der Waals surface area contributed by atoms with E-state index in [4.69, 9.17) is 0 Å². The lowest BCUT2D eigenvalue weighted by Crippen LogP contribution is -2.27. The van der Waals surface area contributed by atoms with Crippen LogP contribution in [0.4, 0.5) is 0 Å². The first kappa shape index (κ1) is 16.0. The number of carbonyl (C=O) groups is 1. The van der Waals surface area contributed by atoms with E-state index in [-0.39, 0.29) is 5.91 Å². The number of unbranched alkanes of at least 4 members (excludes halogenated alkanes) is 2. The van der Waals surface area contributed by atoms with E-state index >= 15 is 0 Å². The van der Waals surface area contributed by atoms with Crippen LogP contribution in [0.3, 0.4) is 0 Å². The largest absolute Gasteiger partial charge is 0.349 e. The van der Waals surface area contributed by atoms with E-state index in [1.165, 1.54) is 45.3 Å². The van der Waals surface area contributed by atoms with Crippen molar-refractivity contribution in [2.24, 2.45) is 7.05 Å². The molecule has 0 spiro atoms. The lowest BCUT2D eigenvalue weighted by molar-refractivity contribution is 0.0940. The second-order valence-corrected chi connectivity index (χ2v) is 6.35. The second-order valence-electron chi connectivity index (χ2n) is 6.35. The van der Waals surface area contributed by atoms with E-state index < -0.39 is 0 Å². The highest BCUT2D eigenvalue weighted by molar-refractivity contribution is 5.94. The molecule has 0 radical (unpaired) electrons. The standard InChI is InChI=1S/C18H26N4O/c1-21-16-10-4-3-9-15(16)20-17(21)18(23)19-11-5-2-6-12-22-13-7-8-14-22/h3-4,9-10H,2,5-8,11-14H2,1H3,(H,19,23). The van der Waals surface area contributed by atoms with Crippen molar-refractivity contribution in [3.63, 3.8) is 0 Å². The Morgan fingerprint density at radius 1 is 1.17 bits per heavy atom. The molecule has 23 heavy (non-hydrogen) atoms. The smallest absolute Gasteiger partial charge is 0.287 e. The van der Waals surface area contributed by atoms with E-state index in [0.29, 0.717) is 5.82 Å². The molecule has 0 bridgehead atoms. The molecule has 1 N–H and O–H groups in total. The minimum absolute atomic E-state index is 0.0803. The Morgan fingerprint density at radius 3 is 2.74 bits per heavy atom. The molecule has 0 saturated carbocycles. The number of aryl methyl sites for hydroxylation is 1. The van der Waals surface area contributed by atoms with Gasteiger partial charge < -0.3 is 14.8 Å². The molecule has 1 aliphatic heterocycles. The molecule has 124 valence electrons. The summed E-state index contributed by atoms with van der Waals surface area (Å²) in [5, 5.41) is 2.99. The monoisotopic (exact) mass is 314 g/mol. The van der Waals surface area contributed by atoms with Crippen molar-refractivity contribution < 1.29 is 4.79 Å². The fourth-order valence-electron chi connectivity index (χ4n) is 3.27. The minimum atomic E-state index is -0.0803. The van der Waals surface area contributed by atoms with Crippen LogP contribution in [0.2, 0.25) is 0 Å². The normalized spacial score (nSPS) is 15.3. The summed E-state index contributed by atoms with van der Waals surface area (Å²) in [6.07, 6.45) is 6.13. The highest BCUT2D eigenvalue weighted by atomic mass is 16.2. The molecule has 5 nitrogen and oxygen atoms in total. The fraction of sp³-hybridized carbons (Fsp3) is 0.556. The molecule has 5 heteroatoms. The first-order valence-electron chi connectivity index (χ1n) is 8.68. The van der Waals surface area contributed by atoms with Crippen molar-refractivity contribution in [1.82, 2.24) is 19.8 Å². The van der Waals surface area contributed by atoms with E-state index in [2.05, 4.69) is 15.2 Å². The Hall–Kier alpha value is -1.88. The number of nitrogens with one attached hydrogen (secondary N) is 1. The zero-order valence-electron chi connectivity index (χ0n) is 13.9. The molecule has 2 aromatic rings. The minimum Gasteiger partial charge on any atom is -0.349 e. The highest BCUT2D eigenvalue weighted by Crippen LogP contribution is 2.14. The molecule has 1 fully saturated rings. The van der Waals surface area contributed by atoms with E-state index in [0.717, 1.165) is 24.0 Å². The summed E-state index contributed by atoms with van der Waals surface area (Å²) < 4.78 is 1.86. The zero-order valence-corrected chi connectivity index (χ0v) is 13.9. The fourth-order valence-corrected chi connectivity index (χ4v) is 3.27. The van der Waals surface area contributed by atoms with Crippen LogP contribution in [0.5, 0.6) is 0 Å². The van der Waals surface area contributed by atoms with Crippen LogP contribution in [0, 0.1) is 0 Å². The Labute approximate surface area is 137 Å². The molecule has 1 aromatic heterocycles. The number of aromatic nitrogens is 2. The number of nitrogens with zero attached hydrogens (tertiary/aromatic N) is 3. The molecule has 0 aliphatic carbocycles. The summed E-state index contributed by atoms with van der Waals surface area (Å²) >= 11 is 0. The SMILES string of the molecule is Cn1c(C(=O)NCCCCCN2CCCC2)nc2ccccc21. The lowest BCUT2D eigenvalue weighted by atomic mass is 10.2. The van der Waals surface area contributed by atoms with Crippen molar-refractivity contribution in [2.75, 3.05) is 26.2 Å². The first-order chi connectivity index (χ1) is 11.3. The molecule has 1 aliphatic rings. The Bertz CT molecular complexity index is 658. The number of rotatable bonds is 7. The highest BCUT2D eigenvalue weighted by Gasteiger charge is 2.14.